The van der Waals surface area contributed by atoms with Crippen LogP contribution in [0.5, 0.6) is 5.75 Å². The molecule has 1 aliphatic rings. The maximum atomic E-state index is 12.6. The first-order valence-electron chi connectivity index (χ1n) is 9.35. The molecule has 3 aromatic rings. The van der Waals surface area contributed by atoms with E-state index in [4.69, 9.17) is 9.15 Å². The molecule has 0 bridgehead atoms. The molecule has 6 heteroatoms. The van der Waals surface area contributed by atoms with Crippen LogP contribution in [0.1, 0.15) is 23.2 Å². The van der Waals surface area contributed by atoms with Gasteiger partial charge in [-0.05, 0) is 35.0 Å². The molecule has 0 spiro atoms. The molecule has 6 nitrogen and oxygen atoms in total. The van der Waals surface area contributed by atoms with Crippen LogP contribution in [0.25, 0.3) is 10.8 Å². The number of hydrogen-bond donors (Lipinski definition) is 0. The van der Waals surface area contributed by atoms with Crippen molar-refractivity contribution in [1.29, 1.82) is 0 Å². The summed E-state index contributed by atoms with van der Waals surface area (Å²) in [4.78, 5) is 27.5. The SMILES string of the molecule is CC(=O)N1CCN(C(=O)c2ccc(COc3ccc4ccccc4c3)o2)CC1. The lowest BCUT2D eigenvalue weighted by atomic mass is 10.1. The molecule has 0 saturated carbocycles. The first kappa shape index (κ1) is 18.1. The third-order valence-corrected chi connectivity index (χ3v) is 4.99. The lowest BCUT2D eigenvalue weighted by Crippen LogP contribution is -2.50. The Morgan fingerprint density at radius 3 is 2.39 bits per heavy atom. The lowest BCUT2D eigenvalue weighted by Gasteiger charge is -2.33. The summed E-state index contributed by atoms with van der Waals surface area (Å²) in [5, 5.41) is 2.27. The standard InChI is InChI=1S/C22H22N2O4/c1-16(25)23-10-12-24(13-11-23)22(26)21-9-8-20(28-21)15-27-19-7-6-17-4-2-3-5-18(17)14-19/h2-9,14H,10-13,15H2,1H3. The van der Waals surface area contributed by atoms with Crippen molar-refractivity contribution in [2.45, 2.75) is 13.5 Å². The largest absolute Gasteiger partial charge is 0.486 e. The Balaban J connectivity index is 1.36. The quantitative estimate of drug-likeness (QED) is 0.699. The minimum absolute atomic E-state index is 0.0400. The zero-order valence-electron chi connectivity index (χ0n) is 15.8. The van der Waals surface area contributed by atoms with Crippen LogP contribution in [0, 0.1) is 0 Å². The molecule has 1 saturated heterocycles. The Labute approximate surface area is 163 Å². The molecule has 2 amide bonds. The van der Waals surface area contributed by atoms with Crippen LogP contribution in [0.15, 0.2) is 59.0 Å². The zero-order valence-corrected chi connectivity index (χ0v) is 15.8. The second-order valence-corrected chi connectivity index (χ2v) is 6.86. The van der Waals surface area contributed by atoms with Crippen molar-refractivity contribution in [2.75, 3.05) is 26.2 Å². The smallest absolute Gasteiger partial charge is 0.289 e. The topological polar surface area (TPSA) is 63.0 Å². The van der Waals surface area contributed by atoms with Crippen LogP contribution < -0.4 is 4.74 Å². The van der Waals surface area contributed by atoms with Crippen LogP contribution in [-0.4, -0.2) is 47.8 Å². The van der Waals surface area contributed by atoms with Crippen LogP contribution >= 0.6 is 0 Å². The van der Waals surface area contributed by atoms with E-state index >= 15 is 0 Å². The van der Waals surface area contributed by atoms with Crippen LogP contribution in [0.4, 0.5) is 0 Å². The zero-order chi connectivity index (χ0) is 19.5. The van der Waals surface area contributed by atoms with Gasteiger partial charge in [0.1, 0.15) is 18.1 Å². The molecule has 144 valence electrons. The summed E-state index contributed by atoms with van der Waals surface area (Å²) in [6, 6.07) is 17.5. The minimum Gasteiger partial charge on any atom is -0.486 e. The number of benzene rings is 2. The van der Waals surface area contributed by atoms with Crippen LogP contribution in [0.2, 0.25) is 0 Å². The van der Waals surface area contributed by atoms with Crippen molar-refractivity contribution in [2.24, 2.45) is 0 Å². The van der Waals surface area contributed by atoms with E-state index in [1.165, 1.54) is 0 Å². The summed E-state index contributed by atoms with van der Waals surface area (Å²) >= 11 is 0. The number of hydrogen-bond acceptors (Lipinski definition) is 4. The van der Waals surface area contributed by atoms with E-state index in [9.17, 15) is 9.59 Å². The molecule has 0 N–H and O–H groups in total. The van der Waals surface area contributed by atoms with Gasteiger partial charge < -0.3 is 19.0 Å². The predicted molar refractivity (Wildman–Crippen MR) is 105 cm³/mol. The van der Waals surface area contributed by atoms with Crippen LogP contribution in [0.3, 0.4) is 0 Å². The van der Waals surface area contributed by atoms with Crippen molar-refractivity contribution < 1.29 is 18.7 Å². The number of amides is 2. The molecule has 1 aromatic heterocycles. The minimum atomic E-state index is -0.153. The number of ether oxygens (including phenoxy) is 1. The van der Waals surface area contributed by atoms with Gasteiger partial charge in [-0.2, -0.15) is 0 Å². The Kier molecular flexibility index (Phi) is 5.02. The van der Waals surface area contributed by atoms with E-state index < -0.39 is 0 Å². The first-order chi connectivity index (χ1) is 13.6. The van der Waals surface area contributed by atoms with E-state index in [0.717, 1.165) is 16.5 Å². The van der Waals surface area contributed by atoms with Gasteiger partial charge in [-0.1, -0.05) is 30.3 Å². The fourth-order valence-electron chi connectivity index (χ4n) is 3.36. The molecule has 1 fully saturated rings. The summed E-state index contributed by atoms with van der Waals surface area (Å²) in [5.41, 5.74) is 0. The number of rotatable bonds is 4. The van der Waals surface area contributed by atoms with E-state index in [0.29, 0.717) is 37.7 Å². The average molecular weight is 378 g/mol. The number of furan rings is 1. The molecule has 0 atom stereocenters. The fraction of sp³-hybridized carbons (Fsp3) is 0.273. The van der Waals surface area contributed by atoms with Gasteiger partial charge >= 0.3 is 0 Å². The Morgan fingerprint density at radius 2 is 1.64 bits per heavy atom. The molecule has 0 aliphatic carbocycles. The maximum Gasteiger partial charge on any atom is 0.289 e. The molecule has 1 aliphatic heterocycles. The number of carbonyl (C=O) groups is 2. The highest BCUT2D eigenvalue weighted by Crippen LogP contribution is 2.22. The summed E-state index contributed by atoms with van der Waals surface area (Å²) in [7, 11) is 0. The summed E-state index contributed by atoms with van der Waals surface area (Å²) in [6.07, 6.45) is 0. The predicted octanol–water partition coefficient (Wildman–Crippen LogP) is 3.32. The van der Waals surface area contributed by atoms with E-state index in [-0.39, 0.29) is 18.4 Å². The Morgan fingerprint density at radius 1 is 0.929 bits per heavy atom. The van der Waals surface area contributed by atoms with Crippen molar-refractivity contribution in [3.8, 4) is 5.75 Å². The van der Waals surface area contributed by atoms with Crippen molar-refractivity contribution in [3.63, 3.8) is 0 Å². The summed E-state index contributed by atoms with van der Waals surface area (Å²) < 4.78 is 11.5. The highest BCUT2D eigenvalue weighted by molar-refractivity contribution is 5.91. The third kappa shape index (κ3) is 3.86. The molecule has 0 radical (unpaired) electrons. The van der Waals surface area contributed by atoms with Gasteiger partial charge in [0.15, 0.2) is 5.76 Å². The molecular weight excluding hydrogens is 356 g/mol. The van der Waals surface area contributed by atoms with Gasteiger partial charge in [0.25, 0.3) is 5.91 Å². The Hall–Kier alpha value is -3.28. The van der Waals surface area contributed by atoms with Crippen molar-refractivity contribution in [1.82, 2.24) is 9.80 Å². The Bertz CT molecular complexity index is 1000. The summed E-state index contributed by atoms with van der Waals surface area (Å²) in [6.45, 7) is 3.94. The first-order valence-corrected chi connectivity index (χ1v) is 9.35. The van der Waals surface area contributed by atoms with Gasteiger partial charge in [0, 0.05) is 33.1 Å². The number of carbonyl (C=O) groups excluding carboxylic acids is 2. The number of piperazine rings is 1. The molecule has 2 aromatic carbocycles. The average Bonchev–Trinajstić information content (AvgIpc) is 3.20. The number of fused-ring (bicyclic) bond motifs is 1. The van der Waals surface area contributed by atoms with E-state index in [1.54, 1.807) is 28.9 Å². The maximum absolute atomic E-state index is 12.6. The monoisotopic (exact) mass is 378 g/mol. The van der Waals surface area contributed by atoms with Gasteiger partial charge in [-0.15, -0.1) is 0 Å². The van der Waals surface area contributed by atoms with Crippen molar-refractivity contribution >= 4 is 22.6 Å². The second-order valence-electron chi connectivity index (χ2n) is 6.86. The van der Waals surface area contributed by atoms with Gasteiger partial charge in [-0.3, -0.25) is 9.59 Å². The highest BCUT2D eigenvalue weighted by atomic mass is 16.5. The molecule has 2 heterocycles. The second kappa shape index (κ2) is 7.76. The molecule has 28 heavy (non-hydrogen) atoms. The highest BCUT2D eigenvalue weighted by Gasteiger charge is 2.25. The van der Waals surface area contributed by atoms with Crippen LogP contribution in [-0.2, 0) is 11.4 Å². The van der Waals surface area contributed by atoms with Gasteiger partial charge in [-0.25, -0.2) is 0 Å². The fourth-order valence-corrected chi connectivity index (χ4v) is 3.36. The van der Waals surface area contributed by atoms with E-state index in [1.807, 2.05) is 36.4 Å². The lowest BCUT2D eigenvalue weighted by molar-refractivity contribution is -0.130. The molecular formula is C22H22N2O4. The normalized spacial score (nSPS) is 14.3. The van der Waals surface area contributed by atoms with Gasteiger partial charge in [0.2, 0.25) is 5.91 Å². The third-order valence-electron chi connectivity index (χ3n) is 4.99. The van der Waals surface area contributed by atoms with Gasteiger partial charge in [0.05, 0.1) is 0 Å². The van der Waals surface area contributed by atoms with E-state index in [2.05, 4.69) is 6.07 Å². The molecule has 4 rings (SSSR count). The number of nitrogens with zero attached hydrogens (tertiary/aromatic N) is 2. The summed E-state index contributed by atoms with van der Waals surface area (Å²) in [5.74, 6) is 1.54. The molecule has 0 unspecified atom stereocenters. The van der Waals surface area contributed by atoms with Crippen molar-refractivity contribution in [3.05, 3.63) is 66.1 Å².